The second-order valence-electron chi connectivity index (χ2n) is 8.12. The Bertz CT molecular complexity index is 578. The van der Waals surface area contributed by atoms with Gasteiger partial charge in [0.25, 0.3) is 0 Å². The molecule has 3 rings (SSSR count). The van der Waals surface area contributed by atoms with Crippen molar-refractivity contribution < 1.29 is 29.0 Å². The average Bonchev–Trinajstić information content (AvgIpc) is 3.12. The molecule has 0 aromatic carbocycles. The van der Waals surface area contributed by atoms with Crippen molar-refractivity contribution in [3.05, 3.63) is 0 Å². The molecule has 2 saturated carbocycles. The molecule has 164 valence electrons. The van der Waals surface area contributed by atoms with Crippen molar-refractivity contribution in [3.63, 3.8) is 0 Å². The average molecular weight is 418 g/mol. The molecule has 0 aromatic rings. The van der Waals surface area contributed by atoms with Gasteiger partial charge in [0.15, 0.2) is 7.98 Å². The largest absolute Gasteiger partial charge is 0.481 e. The summed E-state index contributed by atoms with van der Waals surface area (Å²) in [4.78, 5) is 44.2. The maximum absolute atomic E-state index is 11.2. The summed E-state index contributed by atoms with van der Waals surface area (Å²) in [7, 11) is 8.96. The number of rotatable bonds is 5. The van der Waals surface area contributed by atoms with Gasteiger partial charge in [0.05, 0.1) is 18.3 Å². The van der Waals surface area contributed by atoms with Gasteiger partial charge < -0.3 is 20.7 Å². The first-order valence-corrected chi connectivity index (χ1v) is 10.7. The molecule has 2 unspecified atom stereocenters. The van der Waals surface area contributed by atoms with Gasteiger partial charge in [-0.15, -0.1) is 0 Å². The minimum Gasteiger partial charge on any atom is -0.481 e. The number of amides is 1. The molecule has 2 atom stereocenters. The number of cyclic esters (lactones) is 2. The van der Waals surface area contributed by atoms with Gasteiger partial charge in [-0.3, -0.25) is 19.2 Å². The number of hydrogen-bond donors (Lipinski definition) is 3. The van der Waals surface area contributed by atoms with Gasteiger partial charge in [0.1, 0.15) is 0 Å². The Morgan fingerprint density at radius 2 is 1.57 bits per heavy atom. The Labute approximate surface area is 180 Å². The van der Waals surface area contributed by atoms with Crippen LogP contribution in [0, 0.1) is 23.7 Å². The number of nitrogens with two attached hydrogens (primary N) is 1. The molecule has 30 heavy (non-hydrogen) atoms. The van der Waals surface area contributed by atoms with E-state index in [4.69, 9.17) is 13.1 Å². The third-order valence-electron chi connectivity index (χ3n) is 6.22. The number of hydrogen-bond acceptors (Lipinski definition) is 6. The number of ether oxygens (including phenoxy) is 1. The summed E-state index contributed by atoms with van der Waals surface area (Å²) in [6, 6.07) is 0. The van der Waals surface area contributed by atoms with Crippen molar-refractivity contribution in [1.29, 1.82) is 0 Å². The molecule has 3 aliphatic rings. The number of carboxylic acids is 1. The maximum atomic E-state index is 11.2. The van der Waals surface area contributed by atoms with Crippen molar-refractivity contribution in [1.82, 2.24) is 5.23 Å². The van der Waals surface area contributed by atoms with E-state index in [-0.39, 0.29) is 30.2 Å². The van der Waals surface area contributed by atoms with E-state index in [9.17, 15) is 19.2 Å². The number of aliphatic carboxylic acids is 1. The third-order valence-corrected chi connectivity index (χ3v) is 6.22. The third kappa shape index (κ3) is 8.50. The predicted octanol–water partition coefficient (Wildman–Crippen LogP) is 1.54. The Hall–Kier alpha value is -1.83. The van der Waals surface area contributed by atoms with Crippen molar-refractivity contribution in [2.24, 2.45) is 29.3 Å². The van der Waals surface area contributed by atoms with E-state index in [1.807, 2.05) is 5.23 Å². The van der Waals surface area contributed by atoms with Gasteiger partial charge in [-0.2, -0.15) is 0 Å². The Morgan fingerprint density at radius 3 is 2.00 bits per heavy atom. The summed E-state index contributed by atoms with van der Waals surface area (Å²) < 4.78 is 4.55. The smallest absolute Gasteiger partial charge is 0.317 e. The number of nitrogens with one attached hydrogen (secondary N) is 1. The zero-order chi connectivity index (χ0) is 22.5. The Kier molecular flexibility index (Phi) is 12.4. The lowest BCUT2D eigenvalue weighted by Crippen LogP contribution is -2.32. The topological polar surface area (TPSA) is 136 Å². The van der Waals surface area contributed by atoms with E-state index in [0.717, 1.165) is 38.5 Å². The van der Waals surface area contributed by atoms with Crippen molar-refractivity contribution >= 4 is 39.8 Å². The summed E-state index contributed by atoms with van der Waals surface area (Å²) >= 11 is 0. The van der Waals surface area contributed by atoms with Crippen LogP contribution in [0.3, 0.4) is 0 Å². The molecule has 1 aliphatic heterocycles. The predicted molar refractivity (Wildman–Crippen MR) is 112 cm³/mol. The van der Waals surface area contributed by atoms with E-state index in [0.29, 0.717) is 12.3 Å². The first-order valence-electron chi connectivity index (χ1n) is 10.7. The van der Waals surface area contributed by atoms with Crippen LogP contribution in [-0.4, -0.2) is 44.9 Å². The van der Waals surface area contributed by atoms with Crippen molar-refractivity contribution in [2.45, 2.75) is 77.0 Å². The van der Waals surface area contributed by atoms with Gasteiger partial charge in [-0.05, 0) is 37.5 Å². The molecule has 1 saturated heterocycles. The zero-order valence-corrected chi connectivity index (χ0v) is 17.5. The Balaban J connectivity index is 0.000000279. The SMILES string of the molecule is O=C1CC(C2CCCCC2)C(=O)O1.[B]N.[B]NC(=O)CC(C(=O)O)C1CCCCC1. The quantitative estimate of drug-likeness (QED) is 0.350. The highest BCUT2D eigenvalue weighted by Crippen LogP contribution is 2.35. The highest BCUT2D eigenvalue weighted by Gasteiger charge is 2.39. The van der Waals surface area contributed by atoms with Crippen LogP contribution in [0.25, 0.3) is 0 Å². The normalized spacial score (nSPS) is 23.2. The molecule has 0 spiro atoms. The Morgan fingerprint density at radius 1 is 1.03 bits per heavy atom. The van der Waals surface area contributed by atoms with E-state index >= 15 is 0 Å². The lowest BCUT2D eigenvalue weighted by molar-refractivity contribution is -0.153. The van der Waals surface area contributed by atoms with E-state index in [1.165, 1.54) is 25.7 Å². The van der Waals surface area contributed by atoms with Crippen molar-refractivity contribution in [2.75, 3.05) is 0 Å². The van der Waals surface area contributed by atoms with Crippen LogP contribution >= 0.6 is 0 Å². The minimum absolute atomic E-state index is 0.00347. The maximum Gasteiger partial charge on any atom is 0.317 e. The molecule has 8 nitrogen and oxygen atoms in total. The molecular formula is C20H32B2N2O6. The van der Waals surface area contributed by atoms with Gasteiger partial charge >= 0.3 is 17.9 Å². The summed E-state index contributed by atoms with van der Waals surface area (Å²) in [6.45, 7) is 0. The molecular weight excluding hydrogens is 386 g/mol. The summed E-state index contributed by atoms with van der Waals surface area (Å²) in [5.74, 6) is -2.04. The highest BCUT2D eigenvalue weighted by molar-refractivity contribution is 6.14. The van der Waals surface area contributed by atoms with Crippen LogP contribution in [0.1, 0.15) is 77.0 Å². The van der Waals surface area contributed by atoms with Gasteiger partial charge in [-0.1, -0.05) is 38.5 Å². The van der Waals surface area contributed by atoms with Crippen LogP contribution in [0.15, 0.2) is 0 Å². The summed E-state index contributed by atoms with van der Waals surface area (Å²) in [5, 5.41) is 11.0. The zero-order valence-electron chi connectivity index (χ0n) is 17.5. The summed E-state index contributed by atoms with van der Waals surface area (Å²) in [6.07, 6.45) is 11.3. The molecule has 1 heterocycles. The van der Waals surface area contributed by atoms with E-state index in [1.54, 1.807) is 0 Å². The van der Waals surface area contributed by atoms with Crippen LogP contribution in [0.4, 0.5) is 0 Å². The first-order chi connectivity index (χ1) is 14.4. The molecule has 3 fully saturated rings. The first kappa shape index (κ1) is 26.2. The molecule has 10 heteroatoms. The minimum atomic E-state index is -0.884. The van der Waals surface area contributed by atoms with Crippen LogP contribution < -0.4 is 10.9 Å². The molecule has 0 aromatic heterocycles. The van der Waals surface area contributed by atoms with Crippen LogP contribution in [-0.2, 0) is 23.9 Å². The molecule has 4 radical (unpaired) electrons. The fraction of sp³-hybridized carbons (Fsp3) is 0.800. The number of carboxylic acid groups (broad SMARTS) is 1. The van der Waals surface area contributed by atoms with Gasteiger partial charge in [0, 0.05) is 6.42 Å². The molecule has 2 aliphatic carbocycles. The fourth-order valence-electron chi connectivity index (χ4n) is 4.64. The molecule has 1 amide bonds. The number of carbonyl (C=O) groups excluding carboxylic acids is 3. The van der Waals surface area contributed by atoms with Crippen LogP contribution in [0.2, 0.25) is 0 Å². The standard InChI is InChI=1S/C10H16BNO3.C10H14O3.BH2N/c11-12-9(13)6-8(10(14)15)7-4-2-1-3-5-7;11-9-6-8(10(12)13-9)7-4-2-1-3-5-7;1-2/h7-8H,1-6H2,(H,12,13)(H,14,15);7-8H,1-6H2;2H2. The molecule has 0 bridgehead atoms. The lowest BCUT2D eigenvalue weighted by Gasteiger charge is -2.26. The van der Waals surface area contributed by atoms with E-state index in [2.05, 4.69) is 18.4 Å². The lowest BCUT2D eigenvalue weighted by atomic mass is 9.78. The van der Waals surface area contributed by atoms with Crippen LogP contribution in [0.5, 0.6) is 0 Å². The van der Waals surface area contributed by atoms with Gasteiger partial charge in [0.2, 0.25) is 13.9 Å². The van der Waals surface area contributed by atoms with Crippen molar-refractivity contribution in [3.8, 4) is 0 Å². The van der Waals surface area contributed by atoms with Gasteiger partial charge in [-0.25, -0.2) is 0 Å². The number of carbonyl (C=O) groups is 4. The number of esters is 2. The summed E-state index contributed by atoms with van der Waals surface area (Å²) in [5.41, 5.74) is 4.00. The monoisotopic (exact) mass is 418 g/mol. The van der Waals surface area contributed by atoms with E-state index < -0.39 is 17.8 Å². The molecule has 4 N–H and O–H groups in total. The second-order valence-corrected chi connectivity index (χ2v) is 8.12. The fourth-order valence-corrected chi connectivity index (χ4v) is 4.64. The highest BCUT2D eigenvalue weighted by atomic mass is 16.6. The second kappa shape index (κ2) is 14.2.